The number of carbonyl (C=O) groups excluding carboxylic acids is 2. The first-order chi connectivity index (χ1) is 13.7. The summed E-state index contributed by atoms with van der Waals surface area (Å²) in [6, 6.07) is 12.0. The minimum Gasteiger partial charge on any atom is -0.347 e. The highest BCUT2D eigenvalue weighted by atomic mass is 16.2. The van der Waals surface area contributed by atoms with Gasteiger partial charge in [0, 0.05) is 31.1 Å². The molecule has 0 aliphatic heterocycles. The lowest BCUT2D eigenvalue weighted by atomic mass is 10.0. The summed E-state index contributed by atoms with van der Waals surface area (Å²) in [5.41, 5.74) is 4.12. The number of nitrogens with zero attached hydrogens (tertiary/aromatic N) is 3. The molecule has 0 bridgehead atoms. The summed E-state index contributed by atoms with van der Waals surface area (Å²) < 4.78 is 1.69. The average molecular weight is 375 g/mol. The standard InChI is InChI=1S/C21H21N5O2/c27-20(23-11-17-6-5-16-3-1-2-4-19(16)17)21(28)25-18-12-24-26(14-18)13-15-7-9-22-10-8-15/h1-4,7-10,12,14,17H,5-6,11,13H2,(H,23,27)(H,25,28). The van der Waals surface area contributed by atoms with Gasteiger partial charge < -0.3 is 10.6 Å². The fourth-order valence-electron chi connectivity index (χ4n) is 3.53. The van der Waals surface area contributed by atoms with Crippen LogP contribution in [0.25, 0.3) is 0 Å². The van der Waals surface area contributed by atoms with Crippen molar-refractivity contribution < 1.29 is 9.59 Å². The molecule has 0 saturated heterocycles. The summed E-state index contributed by atoms with van der Waals surface area (Å²) in [5.74, 6) is -1.06. The Morgan fingerprint density at radius 1 is 1.11 bits per heavy atom. The molecular weight excluding hydrogens is 354 g/mol. The number of amides is 2. The molecule has 1 aromatic carbocycles. The Morgan fingerprint density at radius 3 is 2.79 bits per heavy atom. The average Bonchev–Trinajstić information content (AvgIpc) is 3.33. The van der Waals surface area contributed by atoms with Crippen LogP contribution in [0.15, 0.2) is 61.2 Å². The zero-order valence-corrected chi connectivity index (χ0v) is 15.3. The van der Waals surface area contributed by atoms with Gasteiger partial charge in [-0.2, -0.15) is 5.10 Å². The van der Waals surface area contributed by atoms with E-state index in [0.717, 1.165) is 18.4 Å². The molecule has 1 unspecified atom stereocenters. The number of fused-ring (bicyclic) bond motifs is 1. The van der Waals surface area contributed by atoms with Gasteiger partial charge in [-0.15, -0.1) is 0 Å². The first-order valence-corrected chi connectivity index (χ1v) is 9.27. The van der Waals surface area contributed by atoms with E-state index in [0.29, 0.717) is 18.8 Å². The molecule has 7 nitrogen and oxygen atoms in total. The maximum Gasteiger partial charge on any atom is 0.313 e. The Hall–Kier alpha value is -3.48. The van der Waals surface area contributed by atoms with Gasteiger partial charge >= 0.3 is 11.8 Å². The summed E-state index contributed by atoms with van der Waals surface area (Å²) in [5, 5.41) is 9.55. The van der Waals surface area contributed by atoms with Crippen molar-refractivity contribution in [2.45, 2.75) is 25.3 Å². The van der Waals surface area contributed by atoms with Crippen molar-refractivity contribution in [2.24, 2.45) is 0 Å². The topological polar surface area (TPSA) is 88.9 Å². The third kappa shape index (κ3) is 4.09. The van der Waals surface area contributed by atoms with E-state index in [-0.39, 0.29) is 5.92 Å². The van der Waals surface area contributed by atoms with E-state index >= 15 is 0 Å². The van der Waals surface area contributed by atoms with Gasteiger partial charge in [-0.1, -0.05) is 24.3 Å². The second kappa shape index (κ2) is 8.04. The largest absolute Gasteiger partial charge is 0.347 e. The SMILES string of the molecule is O=C(NCC1CCc2ccccc21)C(=O)Nc1cnn(Cc2ccncc2)c1. The number of hydrogen-bond donors (Lipinski definition) is 2. The number of aryl methyl sites for hydroxylation is 1. The van der Waals surface area contributed by atoms with Crippen molar-refractivity contribution in [1.29, 1.82) is 0 Å². The molecule has 2 N–H and O–H groups in total. The first-order valence-electron chi connectivity index (χ1n) is 9.27. The Bertz CT molecular complexity index is 983. The number of anilines is 1. The molecule has 1 aliphatic carbocycles. The molecule has 142 valence electrons. The monoisotopic (exact) mass is 375 g/mol. The van der Waals surface area contributed by atoms with Crippen LogP contribution in [-0.4, -0.2) is 33.1 Å². The minimum atomic E-state index is -0.685. The Balaban J connectivity index is 1.29. The third-order valence-corrected chi connectivity index (χ3v) is 4.96. The Morgan fingerprint density at radius 2 is 1.93 bits per heavy atom. The normalized spacial score (nSPS) is 15.1. The summed E-state index contributed by atoms with van der Waals surface area (Å²) in [4.78, 5) is 28.3. The highest BCUT2D eigenvalue weighted by Gasteiger charge is 2.23. The van der Waals surface area contributed by atoms with Crippen LogP contribution >= 0.6 is 0 Å². The molecule has 2 aromatic heterocycles. The molecule has 7 heteroatoms. The lowest BCUT2D eigenvalue weighted by molar-refractivity contribution is -0.136. The quantitative estimate of drug-likeness (QED) is 0.669. The second-order valence-electron chi connectivity index (χ2n) is 6.88. The Kier molecular flexibility index (Phi) is 5.14. The molecule has 0 spiro atoms. The van der Waals surface area contributed by atoms with E-state index in [2.05, 4.69) is 32.8 Å². The molecule has 2 amide bonds. The molecule has 0 radical (unpaired) electrons. The van der Waals surface area contributed by atoms with Crippen LogP contribution in [0, 0.1) is 0 Å². The van der Waals surface area contributed by atoms with E-state index in [1.54, 1.807) is 23.3 Å². The molecule has 0 fully saturated rings. The summed E-state index contributed by atoms with van der Waals surface area (Å²) in [7, 11) is 0. The van der Waals surface area contributed by atoms with Crippen molar-refractivity contribution in [1.82, 2.24) is 20.1 Å². The van der Waals surface area contributed by atoms with E-state index in [4.69, 9.17) is 0 Å². The zero-order valence-electron chi connectivity index (χ0n) is 15.3. The number of pyridine rings is 1. The number of rotatable bonds is 5. The smallest absolute Gasteiger partial charge is 0.313 e. The van der Waals surface area contributed by atoms with Crippen LogP contribution in [0.4, 0.5) is 5.69 Å². The summed E-state index contributed by atoms with van der Waals surface area (Å²) in [6.07, 6.45) is 8.66. The van der Waals surface area contributed by atoms with Crippen molar-refractivity contribution in [2.75, 3.05) is 11.9 Å². The van der Waals surface area contributed by atoms with Gasteiger partial charge in [0.05, 0.1) is 18.4 Å². The van der Waals surface area contributed by atoms with Crippen molar-refractivity contribution >= 4 is 17.5 Å². The van der Waals surface area contributed by atoms with E-state index in [1.807, 2.05) is 24.3 Å². The van der Waals surface area contributed by atoms with Gasteiger partial charge in [-0.25, -0.2) is 0 Å². The number of nitrogens with one attached hydrogen (secondary N) is 2. The highest BCUT2D eigenvalue weighted by Crippen LogP contribution is 2.32. The van der Waals surface area contributed by atoms with Crippen LogP contribution in [0.1, 0.15) is 29.0 Å². The van der Waals surface area contributed by atoms with Crippen LogP contribution in [0.5, 0.6) is 0 Å². The van der Waals surface area contributed by atoms with Crippen LogP contribution < -0.4 is 10.6 Å². The van der Waals surface area contributed by atoms with E-state index in [9.17, 15) is 9.59 Å². The maximum atomic E-state index is 12.2. The first kappa shape index (κ1) is 17.9. The van der Waals surface area contributed by atoms with Gasteiger partial charge in [-0.3, -0.25) is 19.3 Å². The van der Waals surface area contributed by atoms with Gasteiger partial charge in [0.2, 0.25) is 0 Å². The van der Waals surface area contributed by atoms with Crippen molar-refractivity contribution in [3.8, 4) is 0 Å². The molecule has 0 saturated carbocycles. The van der Waals surface area contributed by atoms with Crippen molar-refractivity contribution in [3.63, 3.8) is 0 Å². The molecule has 3 aromatic rings. The summed E-state index contributed by atoms with van der Waals surface area (Å²) >= 11 is 0. The molecular formula is C21H21N5O2. The van der Waals surface area contributed by atoms with Crippen molar-refractivity contribution in [3.05, 3.63) is 77.9 Å². The predicted molar refractivity (Wildman–Crippen MR) is 105 cm³/mol. The summed E-state index contributed by atoms with van der Waals surface area (Å²) in [6.45, 7) is 1.02. The number of hydrogen-bond acceptors (Lipinski definition) is 4. The minimum absolute atomic E-state index is 0.260. The number of aromatic nitrogens is 3. The zero-order chi connectivity index (χ0) is 19.3. The Labute approximate surface area is 162 Å². The predicted octanol–water partition coefficient (Wildman–Crippen LogP) is 2.11. The highest BCUT2D eigenvalue weighted by molar-refractivity contribution is 6.39. The third-order valence-electron chi connectivity index (χ3n) is 4.96. The fraction of sp³-hybridized carbons (Fsp3) is 0.238. The fourth-order valence-corrected chi connectivity index (χ4v) is 3.53. The van der Waals surface area contributed by atoms with Crippen LogP contribution in [0.2, 0.25) is 0 Å². The lowest BCUT2D eigenvalue weighted by Crippen LogP contribution is -2.37. The van der Waals surface area contributed by atoms with Crippen LogP contribution in [-0.2, 0) is 22.6 Å². The molecule has 4 rings (SSSR count). The van der Waals surface area contributed by atoms with Gasteiger partial charge in [0.25, 0.3) is 0 Å². The maximum absolute atomic E-state index is 12.2. The van der Waals surface area contributed by atoms with E-state index < -0.39 is 11.8 Å². The van der Waals surface area contributed by atoms with Gasteiger partial charge in [0.1, 0.15) is 0 Å². The molecule has 28 heavy (non-hydrogen) atoms. The van der Waals surface area contributed by atoms with E-state index in [1.165, 1.54) is 17.3 Å². The number of benzene rings is 1. The molecule has 2 heterocycles. The van der Waals surface area contributed by atoms with Gasteiger partial charge in [-0.05, 0) is 41.7 Å². The van der Waals surface area contributed by atoms with Crippen LogP contribution in [0.3, 0.4) is 0 Å². The molecule has 1 atom stereocenters. The molecule has 1 aliphatic rings. The van der Waals surface area contributed by atoms with Gasteiger partial charge in [0.15, 0.2) is 0 Å². The number of carbonyl (C=O) groups is 2. The lowest BCUT2D eigenvalue weighted by Gasteiger charge is -2.12. The second-order valence-corrected chi connectivity index (χ2v) is 6.88.